The Labute approximate surface area is 114 Å². The molecule has 4 nitrogen and oxygen atoms in total. The van der Waals surface area contributed by atoms with Crippen LogP contribution in [0.5, 0.6) is 0 Å². The van der Waals surface area contributed by atoms with Crippen LogP contribution in [0.4, 0.5) is 0 Å². The standard InChI is InChI=1S/C15H22N2O2/c1-11-13(3-2-4-16-11)9-17-5-6-19-15-8-12(10-18)7-14(15)17/h2-4,12,14-15,18H,5-10H2,1H3/t12-,14+,15+/m1/s1. The minimum atomic E-state index is 0.288. The van der Waals surface area contributed by atoms with Crippen molar-refractivity contribution >= 4 is 0 Å². The predicted octanol–water partition coefficient (Wildman–Crippen LogP) is 1.36. The Morgan fingerprint density at radius 3 is 3.16 bits per heavy atom. The summed E-state index contributed by atoms with van der Waals surface area (Å²) in [6, 6.07) is 4.63. The molecule has 4 heteroatoms. The Hall–Kier alpha value is -0.970. The number of aromatic nitrogens is 1. The quantitative estimate of drug-likeness (QED) is 0.893. The number of fused-ring (bicyclic) bond motifs is 1. The summed E-state index contributed by atoms with van der Waals surface area (Å²) in [7, 11) is 0. The highest BCUT2D eigenvalue weighted by molar-refractivity contribution is 5.18. The molecule has 3 atom stereocenters. The Balaban J connectivity index is 1.72. The van der Waals surface area contributed by atoms with Crippen LogP contribution in [0.1, 0.15) is 24.1 Å². The molecular weight excluding hydrogens is 240 g/mol. The number of aliphatic hydroxyl groups is 1. The molecule has 104 valence electrons. The lowest BCUT2D eigenvalue weighted by molar-refractivity contribution is -0.0591. The minimum absolute atomic E-state index is 0.288. The van der Waals surface area contributed by atoms with E-state index in [2.05, 4.69) is 22.9 Å². The second-order valence-electron chi connectivity index (χ2n) is 5.72. The van der Waals surface area contributed by atoms with Crippen LogP contribution in [0, 0.1) is 12.8 Å². The van der Waals surface area contributed by atoms with Crippen molar-refractivity contribution in [1.82, 2.24) is 9.88 Å². The molecule has 2 heterocycles. The molecule has 0 aromatic carbocycles. The number of pyridine rings is 1. The molecule has 1 aliphatic carbocycles. The maximum Gasteiger partial charge on any atom is 0.0734 e. The van der Waals surface area contributed by atoms with E-state index in [1.165, 1.54) is 5.56 Å². The number of hydrogen-bond acceptors (Lipinski definition) is 4. The van der Waals surface area contributed by atoms with E-state index in [0.717, 1.165) is 38.2 Å². The van der Waals surface area contributed by atoms with Gasteiger partial charge >= 0.3 is 0 Å². The normalized spacial score (nSPS) is 31.4. The predicted molar refractivity (Wildman–Crippen MR) is 72.7 cm³/mol. The fourth-order valence-corrected chi connectivity index (χ4v) is 3.37. The molecule has 0 amide bonds. The van der Waals surface area contributed by atoms with Gasteiger partial charge in [0.2, 0.25) is 0 Å². The van der Waals surface area contributed by atoms with E-state index >= 15 is 0 Å². The monoisotopic (exact) mass is 262 g/mol. The average molecular weight is 262 g/mol. The van der Waals surface area contributed by atoms with Crippen LogP contribution in [0.2, 0.25) is 0 Å². The van der Waals surface area contributed by atoms with Gasteiger partial charge in [-0.15, -0.1) is 0 Å². The Bertz CT molecular complexity index is 438. The van der Waals surface area contributed by atoms with Crippen molar-refractivity contribution in [3.63, 3.8) is 0 Å². The molecule has 0 radical (unpaired) electrons. The topological polar surface area (TPSA) is 45.6 Å². The van der Waals surface area contributed by atoms with E-state index in [1.807, 2.05) is 12.3 Å². The third-order valence-electron chi connectivity index (χ3n) is 4.50. The molecule has 2 aliphatic rings. The third kappa shape index (κ3) is 2.66. The Kier molecular flexibility index (Phi) is 3.82. The summed E-state index contributed by atoms with van der Waals surface area (Å²) in [6.45, 7) is 5.09. The third-order valence-corrected chi connectivity index (χ3v) is 4.50. The van der Waals surface area contributed by atoms with Crippen molar-refractivity contribution < 1.29 is 9.84 Å². The number of nitrogens with zero attached hydrogens (tertiary/aromatic N) is 2. The Morgan fingerprint density at radius 1 is 1.47 bits per heavy atom. The summed E-state index contributed by atoms with van der Waals surface area (Å²) in [5, 5.41) is 9.35. The number of aryl methyl sites for hydroxylation is 1. The van der Waals surface area contributed by atoms with Crippen molar-refractivity contribution in [2.24, 2.45) is 5.92 Å². The summed E-state index contributed by atoms with van der Waals surface area (Å²) in [5.41, 5.74) is 2.41. The molecule has 19 heavy (non-hydrogen) atoms. The molecule has 1 aromatic heterocycles. The summed E-state index contributed by atoms with van der Waals surface area (Å²) < 4.78 is 5.86. The summed E-state index contributed by atoms with van der Waals surface area (Å²) in [4.78, 5) is 6.87. The molecule has 1 saturated heterocycles. The molecule has 0 bridgehead atoms. The first-order chi connectivity index (χ1) is 9.28. The molecule has 1 aliphatic heterocycles. The van der Waals surface area contributed by atoms with Crippen LogP contribution < -0.4 is 0 Å². The van der Waals surface area contributed by atoms with Crippen LogP contribution in [-0.2, 0) is 11.3 Å². The highest BCUT2D eigenvalue weighted by Gasteiger charge is 2.40. The van der Waals surface area contributed by atoms with Gasteiger partial charge in [-0.05, 0) is 37.3 Å². The Morgan fingerprint density at radius 2 is 2.37 bits per heavy atom. The zero-order chi connectivity index (χ0) is 13.2. The van der Waals surface area contributed by atoms with Crippen LogP contribution in [0.15, 0.2) is 18.3 Å². The molecule has 1 aromatic rings. The van der Waals surface area contributed by atoms with E-state index < -0.39 is 0 Å². The summed E-state index contributed by atoms with van der Waals surface area (Å²) in [6.07, 6.45) is 4.21. The van der Waals surface area contributed by atoms with Crippen LogP contribution >= 0.6 is 0 Å². The fourth-order valence-electron chi connectivity index (χ4n) is 3.37. The van der Waals surface area contributed by atoms with Crippen molar-refractivity contribution in [1.29, 1.82) is 0 Å². The van der Waals surface area contributed by atoms with Gasteiger partial charge in [0.15, 0.2) is 0 Å². The van der Waals surface area contributed by atoms with Gasteiger partial charge in [-0.2, -0.15) is 0 Å². The van der Waals surface area contributed by atoms with Gasteiger partial charge in [0.1, 0.15) is 0 Å². The van der Waals surface area contributed by atoms with Crippen molar-refractivity contribution in [3.8, 4) is 0 Å². The maximum atomic E-state index is 9.35. The number of ether oxygens (including phenoxy) is 1. The van der Waals surface area contributed by atoms with E-state index in [1.54, 1.807) is 0 Å². The van der Waals surface area contributed by atoms with Gasteiger partial charge in [-0.1, -0.05) is 6.07 Å². The van der Waals surface area contributed by atoms with Gasteiger partial charge in [-0.3, -0.25) is 9.88 Å². The highest BCUT2D eigenvalue weighted by atomic mass is 16.5. The van der Waals surface area contributed by atoms with Crippen molar-refractivity contribution in [2.45, 2.75) is 38.5 Å². The number of aliphatic hydroxyl groups excluding tert-OH is 1. The summed E-state index contributed by atoms with van der Waals surface area (Å²) in [5.74, 6) is 0.408. The van der Waals surface area contributed by atoms with Gasteiger partial charge in [0, 0.05) is 37.6 Å². The first-order valence-corrected chi connectivity index (χ1v) is 7.15. The second kappa shape index (κ2) is 5.57. The molecule has 2 fully saturated rings. The second-order valence-corrected chi connectivity index (χ2v) is 5.72. The van der Waals surface area contributed by atoms with Gasteiger partial charge in [-0.25, -0.2) is 0 Å². The highest BCUT2D eigenvalue weighted by Crippen LogP contribution is 2.34. The van der Waals surface area contributed by atoms with E-state index in [9.17, 15) is 5.11 Å². The lowest BCUT2D eigenvalue weighted by atomic mass is 10.1. The molecule has 3 rings (SSSR count). The first-order valence-electron chi connectivity index (χ1n) is 7.15. The smallest absolute Gasteiger partial charge is 0.0734 e. The minimum Gasteiger partial charge on any atom is -0.396 e. The van der Waals surface area contributed by atoms with E-state index in [0.29, 0.717) is 18.1 Å². The number of hydrogen-bond donors (Lipinski definition) is 1. The van der Waals surface area contributed by atoms with Crippen molar-refractivity contribution in [3.05, 3.63) is 29.6 Å². The van der Waals surface area contributed by atoms with Crippen molar-refractivity contribution in [2.75, 3.05) is 19.8 Å². The molecule has 1 saturated carbocycles. The summed E-state index contributed by atoms with van der Waals surface area (Å²) >= 11 is 0. The van der Waals surface area contributed by atoms with E-state index in [-0.39, 0.29) is 6.61 Å². The van der Waals surface area contributed by atoms with Gasteiger partial charge in [0.25, 0.3) is 0 Å². The van der Waals surface area contributed by atoms with E-state index in [4.69, 9.17) is 4.74 Å². The molecule has 0 spiro atoms. The average Bonchev–Trinajstić information content (AvgIpc) is 2.85. The largest absolute Gasteiger partial charge is 0.396 e. The fraction of sp³-hybridized carbons (Fsp3) is 0.667. The molecule has 1 N–H and O–H groups in total. The van der Waals surface area contributed by atoms with Gasteiger partial charge in [0.05, 0.1) is 12.7 Å². The molecule has 0 unspecified atom stereocenters. The van der Waals surface area contributed by atoms with Gasteiger partial charge < -0.3 is 9.84 Å². The number of morpholine rings is 1. The van der Waals surface area contributed by atoms with Crippen LogP contribution in [0.25, 0.3) is 0 Å². The lowest BCUT2D eigenvalue weighted by Crippen LogP contribution is -2.47. The lowest BCUT2D eigenvalue weighted by Gasteiger charge is -2.37. The van der Waals surface area contributed by atoms with Crippen LogP contribution in [0.3, 0.4) is 0 Å². The molecular formula is C15H22N2O2. The SMILES string of the molecule is Cc1ncccc1CN1CCO[C@H]2C[C@H](CO)C[C@@H]21. The number of rotatable bonds is 3. The zero-order valence-corrected chi connectivity index (χ0v) is 11.5. The van der Waals surface area contributed by atoms with Crippen LogP contribution in [-0.4, -0.2) is 46.9 Å². The zero-order valence-electron chi connectivity index (χ0n) is 11.5. The first kappa shape index (κ1) is 13.0. The maximum absolute atomic E-state index is 9.35.